The van der Waals surface area contributed by atoms with Crippen LogP contribution < -0.4 is 5.32 Å². The highest BCUT2D eigenvalue weighted by Crippen LogP contribution is 2.20. The molecule has 1 aromatic carbocycles. The number of thioether (sulfide) groups is 1. The number of piperidine rings is 1. The van der Waals surface area contributed by atoms with Crippen molar-refractivity contribution in [3.8, 4) is 0 Å². The lowest BCUT2D eigenvalue weighted by atomic mass is 9.99. The molecule has 0 spiro atoms. The Kier molecular flexibility index (Phi) is 6.96. The maximum atomic E-state index is 12.6. The van der Waals surface area contributed by atoms with Gasteiger partial charge in [0.25, 0.3) is 5.91 Å². The van der Waals surface area contributed by atoms with Crippen LogP contribution in [-0.2, 0) is 4.79 Å². The predicted molar refractivity (Wildman–Crippen MR) is 95.7 cm³/mol. The lowest BCUT2D eigenvalue weighted by Crippen LogP contribution is -2.51. The minimum Gasteiger partial charge on any atom is -0.350 e. The second-order valence-corrected chi connectivity index (χ2v) is 7.02. The fourth-order valence-electron chi connectivity index (χ4n) is 3.01. The molecule has 1 aliphatic rings. The molecule has 1 aliphatic heterocycles. The number of likely N-dealkylation sites (tertiary alicyclic amines) is 1. The van der Waals surface area contributed by atoms with Crippen molar-refractivity contribution in [2.75, 3.05) is 25.1 Å². The van der Waals surface area contributed by atoms with E-state index in [4.69, 9.17) is 0 Å². The van der Waals surface area contributed by atoms with Crippen LogP contribution in [0.2, 0.25) is 0 Å². The molecule has 1 N–H and O–H groups in total. The number of carbonyl (C=O) groups is 2. The van der Waals surface area contributed by atoms with Gasteiger partial charge < -0.3 is 10.2 Å². The molecule has 4 nitrogen and oxygen atoms in total. The Morgan fingerprint density at radius 2 is 2.04 bits per heavy atom. The van der Waals surface area contributed by atoms with E-state index in [1.54, 1.807) is 23.9 Å². The summed E-state index contributed by atoms with van der Waals surface area (Å²) in [5.74, 6) is 1.03. The fraction of sp³-hybridized carbons (Fsp3) is 0.556. The maximum absolute atomic E-state index is 12.6. The molecule has 23 heavy (non-hydrogen) atoms. The number of rotatable bonds is 6. The van der Waals surface area contributed by atoms with E-state index in [-0.39, 0.29) is 23.8 Å². The van der Waals surface area contributed by atoms with Crippen molar-refractivity contribution >= 4 is 23.6 Å². The molecule has 0 unspecified atom stereocenters. The molecule has 0 bridgehead atoms. The van der Waals surface area contributed by atoms with Gasteiger partial charge in [0.15, 0.2) is 0 Å². The third-order valence-corrected chi connectivity index (χ3v) is 5.12. The SMILES string of the molecule is CSC[C@H](C)C(=O)N1CCCC[C@H]1CNC(=O)c1ccccc1. The Morgan fingerprint density at radius 3 is 2.74 bits per heavy atom. The van der Waals surface area contributed by atoms with Crippen LogP contribution in [0.5, 0.6) is 0 Å². The molecule has 0 aliphatic carbocycles. The molecule has 0 aromatic heterocycles. The Balaban J connectivity index is 1.93. The topological polar surface area (TPSA) is 49.4 Å². The van der Waals surface area contributed by atoms with Gasteiger partial charge in [0.05, 0.1) is 0 Å². The van der Waals surface area contributed by atoms with Crippen molar-refractivity contribution in [3.63, 3.8) is 0 Å². The molecule has 5 heteroatoms. The van der Waals surface area contributed by atoms with Gasteiger partial charge in [0.1, 0.15) is 0 Å². The standard InChI is InChI=1S/C18H26N2O2S/c1-14(13-23-2)18(22)20-11-7-6-10-16(20)12-19-17(21)15-8-4-3-5-9-15/h3-5,8-9,14,16H,6-7,10-13H2,1-2H3,(H,19,21)/t14-,16-/m0/s1. The molecule has 1 saturated heterocycles. The average Bonchev–Trinajstić information content (AvgIpc) is 2.60. The Hall–Kier alpha value is -1.49. The van der Waals surface area contributed by atoms with Crippen LogP contribution in [0, 0.1) is 5.92 Å². The summed E-state index contributed by atoms with van der Waals surface area (Å²) in [5, 5.41) is 2.99. The van der Waals surface area contributed by atoms with Gasteiger partial charge in [-0.3, -0.25) is 9.59 Å². The van der Waals surface area contributed by atoms with Crippen molar-refractivity contribution in [3.05, 3.63) is 35.9 Å². The summed E-state index contributed by atoms with van der Waals surface area (Å²) >= 11 is 1.70. The molecule has 1 aromatic rings. The number of hydrogen-bond donors (Lipinski definition) is 1. The number of hydrogen-bond acceptors (Lipinski definition) is 3. The smallest absolute Gasteiger partial charge is 0.251 e. The highest BCUT2D eigenvalue weighted by Gasteiger charge is 2.29. The molecule has 0 radical (unpaired) electrons. The molecule has 2 amide bonds. The summed E-state index contributed by atoms with van der Waals surface area (Å²) in [6, 6.07) is 9.34. The van der Waals surface area contributed by atoms with Crippen LogP contribution in [0.3, 0.4) is 0 Å². The van der Waals surface area contributed by atoms with Crippen LogP contribution in [-0.4, -0.2) is 47.9 Å². The zero-order valence-electron chi connectivity index (χ0n) is 14.0. The fourth-order valence-corrected chi connectivity index (χ4v) is 3.65. The first-order valence-electron chi connectivity index (χ1n) is 8.26. The molecular weight excluding hydrogens is 308 g/mol. The van der Waals surface area contributed by atoms with Crippen molar-refractivity contribution in [2.24, 2.45) is 5.92 Å². The summed E-state index contributed by atoms with van der Waals surface area (Å²) in [7, 11) is 0. The van der Waals surface area contributed by atoms with Crippen LogP contribution in [0.15, 0.2) is 30.3 Å². The second-order valence-electron chi connectivity index (χ2n) is 6.11. The Bertz CT molecular complexity index is 521. The summed E-state index contributed by atoms with van der Waals surface area (Å²) in [6.45, 7) is 3.34. The lowest BCUT2D eigenvalue weighted by molar-refractivity contribution is -0.137. The number of benzene rings is 1. The lowest BCUT2D eigenvalue weighted by Gasteiger charge is -2.37. The van der Waals surface area contributed by atoms with Crippen LogP contribution in [0.1, 0.15) is 36.5 Å². The first kappa shape index (κ1) is 17.9. The summed E-state index contributed by atoms with van der Waals surface area (Å²) in [4.78, 5) is 26.8. The van der Waals surface area contributed by atoms with Crippen molar-refractivity contribution in [1.82, 2.24) is 10.2 Å². The summed E-state index contributed by atoms with van der Waals surface area (Å²) in [6.07, 6.45) is 5.16. The zero-order chi connectivity index (χ0) is 16.7. The highest BCUT2D eigenvalue weighted by atomic mass is 32.2. The third kappa shape index (κ3) is 4.99. The molecule has 126 valence electrons. The third-order valence-electron chi connectivity index (χ3n) is 4.28. The van der Waals surface area contributed by atoms with E-state index in [9.17, 15) is 9.59 Å². The summed E-state index contributed by atoms with van der Waals surface area (Å²) in [5.41, 5.74) is 0.664. The number of nitrogens with one attached hydrogen (secondary N) is 1. The van der Waals surface area contributed by atoms with Crippen LogP contribution in [0.4, 0.5) is 0 Å². The van der Waals surface area contributed by atoms with Gasteiger partial charge in [-0.25, -0.2) is 0 Å². The van der Waals surface area contributed by atoms with Gasteiger partial charge >= 0.3 is 0 Å². The minimum atomic E-state index is -0.0688. The van der Waals surface area contributed by atoms with Gasteiger partial charge in [-0.1, -0.05) is 25.1 Å². The first-order valence-corrected chi connectivity index (χ1v) is 9.65. The monoisotopic (exact) mass is 334 g/mol. The zero-order valence-corrected chi connectivity index (χ0v) is 14.8. The molecule has 1 fully saturated rings. The van der Waals surface area contributed by atoms with E-state index in [1.165, 1.54) is 0 Å². The van der Waals surface area contributed by atoms with Gasteiger partial charge in [-0.2, -0.15) is 11.8 Å². The quantitative estimate of drug-likeness (QED) is 0.870. The molecular formula is C18H26N2O2S. The number of nitrogens with zero attached hydrogens (tertiary/aromatic N) is 1. The maximum Gasteiger partial charge on any atom is 0.251 e. The summed E-state index contributed by atoms with van der Waals surface area (Å²) < 4.78 is 0. The van der Waals surface area contributed by atoms with Crippen LogP contribution >= 0.6 is 11.8 Å². The van der Waals surface area contributed by atoms with Gasteiger partial charge in [0, 0.05) is 36.4 Å². The van der Waals surface area contributed by atoms with E-state index in [1.807, 2.05) is 36.3 Å². The second kappa shape index (κ2) is 8.96. The van der Waals surface area contributed by atoms with Gasteiger partial charge in [-0.15, -0.1) is 0 Å². The Morgan fingerprint density at radius 1 is 1.30 bits per heavy atom. The van der Waals surface area contributed by atoms with E-state index in [0.717, 1.165) is 31.6 Å². The largest absolute Gasteiger partial charge is 0.350 e. The minimum absolute atomic E-state index is 0.0374. The van der Waals surface area contributed by atoms with E-state index in [2.05, 4.69) is 5.32 Å². The van der Waals surface area contributed by atoms with Crippen molar-refractivity contribution < 1.29 is 9.59 Å². The van der Waals surface area contributed by atoms with Gasteiger partial charge in [-0.05, 0) is 37.7 Å². The first-order chi connectivity index (χ1) is 11.1. The van der Waals surface area contributed by atoms with Crippen LogP contribution in [0.25, 0.3) is 0 Å². The molecule has 0 saturated carbocycles. The number of carbonyl (C=O) groups excluding carboxylic acids is 2. The normalized spacial score (nSPS) is 19.2. The van der Waals surface area contributed by atoms with E-state index in [0.29, 0.717) is 12.1 Å². The predicted octanol–water partition coefficient (Wildman–Crippen LogP) is 2.80. The van der Waals surface area contributed by atoms with Gasteiger partial charge in [0.2, 0.25) is 5.91 Å². The van der Waals surface area contributed by atoms with E-state index >= 15 is 0 Å². The average molecular weight is 334 g/mol. The number of amides is 2. The molecule has 2 rings (SSSR count). The Labute approximate surface area is 143 Å². The molecule has 2 atom stereocenters. The molecule has 1 heterocycles. The highest BCUT2D eigenvalue weighted by molar-refractivity contribution is 7.98. The van der Waals surface area contributed by atoms with Crippen molar-refractivity contribution in [1.29, 1.82) is 0 Å². The van der Waals surface area contributed by atoms with E-state index < -0.39 is 0 Å². The van der Waals surface area contributed by atoms with Crippen molar-refractivity contribution in [2.45, 2.75) is 32.2 Å².